The molecule has 146 valence electrons. The molecule has 0 unspecified atom stereocenters. The summed E-state index contributed by atoms with van der Waals surface area (Å²) >= 11 is 1.67. The lowest BCUT2D eigenvalue weighted by molar-refractivity contribution is -0.144. The number of thioether (sulfide) groups is 1. The number of carbonyl (C=O) groups excluding carboxylic acids is 3. The lowest BCUT2D eigenvalue weighted by atomic mass is 9.90. The van der Waals surface area contributed by atoms with E-state index in [1.165, 1.54) is 12.0 Å². The summed E-state index contributed by atoms with van der Waals surface area (Å²) in [6.07, 6.45) is 4.92. The van der Waals surface area contributed by atoms with Crippen LogP contribution in [0.15, 0.2) is 29.2 Å². The molecule has 0 bridgehead atoms. The second-order valence-electron chi connectivity index (χ2n) is 7.29. The number of ether oxygens (including phenoxy) is 1. The Morgan fingerprint density at radius 2 is 1.85 bits per heavy atom. The van der Waals surface area contributed by atoms with E-state index in [-0.39, 0.29) is 42.0 Å². The van der Waals surface area contributed by atoms with Crippen molar-refractivity contribution >= 4 is 35.2 Å². The van der Waals surface area contributed by atoms with Crippen LogP contribution in [0.5, 0.6) is 0 Å². The first-order valence-electron chi connectivity index (χ1n) is 9.27. The fraction of sp³-hybridized carbons (Fsp3) is 0.550. The molecule has 1 aliphatic heterocycles. The molecular weight excluding hydrogens is 364 g/mol. The Bertz CT molecular complexity index is 711. The minimum absolute atomic E-state index is 0.00853. The quantitative estimate of drug-likeness (QED) is 0.597. The molecular formula is C20H26N2O4S. The molecule has 1 N–H and O–H groups in total. The number of esters is 1. The van der Waals surface area contributed by atoms with Crippen molar-refractivity contribution in [2.75, 3.05) is 31.8 Å². The van der Waals surface area contributed by atoms with Crippen molar-refractivity contribution in [3.8, 4) is 0 Å². The standard InChI is InChI=1S/C20H26N2O4S/c1-26-18(24)8-7-17(23)22-11-9-20(10-12-22)13-16(20)19(25)21-14-3-5-15(27-2)6-4-14/h3-6,16H,7-13H2,1-2H3,(H,21,25)/t16-/m0/s1. The Labute approximate surface area is 164 Å². The van der Waals surface area contributed by atoms with E-state index in [1.54, 1.807) is 11.8 Å². The number of anilines is 1. The van der Waals surface area contributed by atoms with Gasteiger partial charge in [0.25, 0.3) is 0 Å². The van der Waals surface area contributed by atoms with Crippen LogP contribution >= 0.6 is 11.8 Å². The van der Waals surface area contributed by atoms with Gasteiger partial charge in [0.1, 0.15) is 0 Å². The van der Waals surface area contributed by atoms with E-state index < -0.39 is 0 Å². The van der Waals surface area contributed by atoms with Crippen LogP contribution in [0.2, 0.25) is 0 Å². The number of methoxy groups -OCH3 is 1. The van der Waals surface area contributed by atoms with Crippen LogP contribution in [0, 0.1) is 11.3 Å². The first-order chi connectivity index (χ1) is 13.0. The van der Waals surface area contributed by atoms with E-state index >= 15 is 0 Å². The average Bonchev–Trinajstić information content (AvgIpc) is 3.40. The lowest BCUT2D eigenvalue weighted by Gasteiger charge is -2.33. The molecule has 27 heavy (non-hydrogen) atoms. The van der Waals surface area contributed by atoms with Gasteiger partial charge < -0.3 is 15.0 Å². The van der Waals surface area contributed by atoms with Gasteiger partial charge in [-0.2, -0.15) is 0 Å². The fourth-order valence-electron chi connectivity index (χ4n) is 3.85. The van der Waals surface area contributed by atoms with Crippen LogP contribution < -0.4 is 5.32 Å². The van der Waals surface area contributed by atoms with Crippen molar-refractivity contribution in [3.05, 3.63) is 24.3 Å². The third-order valence-corrected chi connectivity index (χ3v) is 6.49. The normalized spacial score (nSPS) is 20.2. The predicted molar refractivity (Wildman–Crippen MR) is 104 cm³/mol. The van der Waals surface area contributed by atoms with Crippen LogP contribution in [-0.4, -0.2) is 49.1 Å². The molecule has 1 aliphatic carbocycles. The first-order valence-corrected chi connectivity index (χ1v) is 10.5. The molecule has 1 spiro atoms. The van der Waals surface area contributed by atoms with Crippen LogP contribution in [0.4, 0.5) is 5.69 Å². The molecule has 1 heterocycles. The number of benzene rings is 1. The van der Waals surface area contributed by atoms with Crippen molar-refractivity contribution in [2.24, 2.45) is 11.3 Å². The van der Waals surface area contributed by atoms with E-state index in [1.807, 2.05) is 35.4 Å². The van der Waals surface area contributed by atoms with Crippen LogP contribution in [0.25, 0.3) is 0 Å². The summed E-state index contributed by atoms with van der Waals surface area (Å²) in [7, 11) is 1.33. The van der Waals surface area contributed by atoms with Crippen LogP contribution in [0.1, 0.15) is 32.1 Å². The lowest BCUT2D eigenvalue weighted by Crippen LogP contribution is -2.40. The summed E-state index contributed by atoms with van der Waals surface area (Å²) in [5.74, 6) is -0.255. The summed E-state index contributed by atoms with van der Waals surface area (Å²) in [6.45, 7) is 1.32. The molecule has 2 amide bonds. The Kier molecular flexibility index (Phi) is 6.09. The molecule has 1 aromatic carbocycles. The Hall–Kier alpha value is -2.02. The molecule has 1 saturated heterocycles. The number of nitrogens with one attached hydrogen (secondary N) is 1. The van der Waals surface area contributed by atoms with E-state index in [0.29, 0.717) is 13.1 Å². The van der Waals surface area contributed by atoms with Gasteiger partial charge in [0.2, 0.25) is 11.8 Å². The fourth-order valence-corrected chi connectivity index (χ4v) is 4.25. The summed E-state index contributed by atoms with van der Waals surface area (Å²) in [5, 5.41) is 3.02. The molecule has 1 atom stereocenters. The topological polar surface area (TPSA) is 75.7 Å². The zero-order valence-corrected chi connectivity index (χ0v) is 16.6. The molecule has 2 aliphatic rings. The predicted octanol–water partition coefficient (Wildman–Crippen LogP) is 2.93. The summed E-state index contributed by atoms with van der Waals surface area (Å²) in [6, 6.07) is 7.87. The maximum Gasteiger partial charge on any atom is 0.306 e. The van der Waals surface area contributed by atoms with Gasteiger partial charge in [-0.05, 0) is 55.2 Å². The van der Waals surface area contributed by atoms with Crippen molar-refractivity contribution in [3.63, 3.8) is 0 Å². The van der Waals surface area contributed by atoms with Crippen LogP contribution in [-0.2, 0) is 19.1 Å². The highest BCUT2D eigenvalue weighted by Gasteiger charge is 2.58. The SMILES string of the molecule is COC(=O)CCC(=O)N1CCC2(CC1)C[C@H]2C(=O)Nc1ccc(SC)cc1. The number of amides is 2. The van der Waals surface area contributed by atoms with Gasteiger partial charge in [-0.1, -0.05) is 0 Å². The highest BCUT2D eigenvalue weighted by atomic mass is 32.2. The van der Waals surface area contributed by atoms with Gasteiger partial charge in [-0.3, -0.25) is 14.4 Å². The molecule has 7 heteroatoms. The molecule has 6 nitrogen and oxygen atoms in total. The average molecular weight is 391 g/mol. The number of nitrogens with zero attached hydrogens (tertiary/aromatic N) is 1. The number of rotatable bonds is 6. The van der Waals surface area contributed by atoms with Crippen LogP contribution in [0.3, 0.4) is 0 Å². The maximum absolute atomic E-state index is 12.6. The second-order valence-corrected chi connectivity index (χ2v) is 8.17. The zero-order valence-electron chi connectivity index (χ0n) is 15.8. The van der Waals surface area contributed by atoms with Crippen molar-refractivity contribution in [2.45, 2.75) is 37.0 Å². The summed E-state index contributed by atoms with van der Waals surface area (Å²) < 4.78 is 4.58. The van der Waals surface area contributed by atoms with Gasteiger partial charge in [-0.15, -0.1) is 11.8 Å². The molecule has 0 radical (unpaired) electrons. The summed E-state index contributed by atoms with van der Waals surface area (Å²) in [4.78, 5) is 38.9. The number of carbonyl (C=O) groups is 3. The number of hydrogen-bond acceptors (Lipinski definition) is 5. The smallest absolute Gasteiger partial charge is 0.306 e. The van der Waals surface area contributed by atoms with Crippen molar-refractivity contribution in [1.29, 1.82) is 0 Å². The van der Waals surface area contributed by atoms with Gasteiger partial charge >= 0.3 is 5.97 Å². The van der Waals surface area contributed by atoms with Gasteiger partial charge in [-0.25, -0.2) is 0 Å². The van der Waals surface area contributed by atoms with Gasteiger partial charge in [0.05, 0.1) is 13.5 Å². The Balaban J connectivity index is 1.46. The molecule has 1 aromatic rings. The van der Waals surface area contributed by atoms with E-state index in [2.05, 4.69) is 10.1 Å². The first kappa shape index (κ1) is 19.7. The minimum Gasteiger partial charge on any atom is -0.469 e. The highest BCUT2D eigenvalue weighted by molar-refractivity contribution is 7.98. The molecule has 0 aromatic heterocycles. The molecule has 2 fully saturated rings. The second kappa shape index (κ2) is 8.33. The molecule has 3 rings (SSSR count). The largest absolute Gasteiger partial charge is 0.469 e. The van der Waals surface area contributed by atoms with Crippen molar-refractivity contribution in [1.82, 2.24) is 4.90 Å². The third-order valence-electron chi connectivity index (χ3n) is 5.75. The Morgan fingerprint density at radius 1 is 1.19 bits per heavy atom. The zero-order chi connectivity index (χ0) is 19.4. The minimum atomic E-state index is -0.360. The Morgan fingerprint density at radius 3 is 2.44 bits per heavy atom. The van der Waals surface area contributed by atoms with E-state index in [0.717, 1.165) is 24.9 Å². The van der Waals surface area contributed by atoms with Gasteiger partial charge in [0.15, 0.2) is 0 Å². The maximum atomic E-state index is 12.6. The summed E-state index contributed by atoms with van der Waals surface area (Å²) in [5.41, 5.74) is 0.873. The van der Waals surface area contributed by atoms with Gasteiger partial charge in [0, 0.05) is 36.0 Å². The number of likely N-dealkylation sites (tertiary alicyclic amines) is 1. The highest BCUT2D eigenvalue weighted by Crippen LogP contribution is 2.59. The van der Waals surface area contributed by atoms with E-state index in [9.17, 15) is 14.4 Å². The van der Waals surface area contributed by atoms with E-state index in [4.69, 9.17) is 0 Å². The third kappa shape index (κ3) is 4.64. The number of hydrogen-bond donors (Lipinski definition) is 1. The molecule has 1 saturated carbocycles. The number of piperidine rings is 1. The van der Waals surface area contributed by atoms with Crippen molar-refractivity contribution < 1.29 is 19.1 Å². The monoisotopic (exact) mass is 390 g/mol.